The third-order valence-electron chi connectivity index (χ3n) is 1.96. The highest BCUT2D eigenvalue weighted by molar-refractivity contribution is 5.91. The summed E-state index contributed by atoms with van der Waals surface area (Å²) < 4.78 is 1.56. The molecule has 72 valence electrons. The Bertz CT molecular complexity index is 516. The van der Waals surface area contributed by atoms with Crippen molar-refractivity contribution >= 4 is 11.6 Å². The summed E-state index contributed by atoms with van der Waals surface area (Å²) in [5, 5.41) is 11.7. The normalized spacial score (nSPS) is 10.7. The smallest absolute Gasteiger partial charge is 0.271 e. The van der Waals surface area contributed by atoms with Crippen molar-refractivity contribution in [1.29, 1.82) is 0 Å². The van der Waals surface area contributed by atoms with Crippen LogP contribution in [-0.2, 0) is 0 Å². The molecule has 0 aliphatic carbocycles. The largest absolute Gasteiger partial charge is 0.364 e. The predicted octanol–water partition coefficient (Wildman–Crippen LogP) is -0.160. The van der Waals surface area contributed by atoms with E-state index in [2.05, 4.69) is 15.3 Å². The number of nitrogens with zero attached hydrogens (tertiary/aromatic N) is 4. The summed E-state index contributed by atoms with van der Waals surface area (Å²) >= 11 is 0. The molecule has 0 saturated carbocycles. The Balaban J connectivity index is 2.80. The van der Waals surface area contributed by atoms with E-state index in [-0.39, 0.29) is 5.69 Å². The fourth-order valence-electron chi connectivity index (χ4n) is 1.31. The first-order valence-electron chi connectivity index (χ1n) is 4.09. The van der Waals surface area contributed by atoms with Gasteiger partial charge >= 0.3 is 0 Å². The van der Waals surface area contributed by atoms with Crippen molar-refractivity contribution < 1.29 is 4.79 Å². The first-order chi connectivity index (χ1) is 6.59. The summed E-state index contributed by atoms with van der Waals surface area (Å²) in [4.78, 5) is 11.0. The van der Waals surface area contributed by atoms with Gasteiger partial charge in [0.15, 0.2) is 11.3 Å². The van der Waals surface area contributed by atoms with Gasteiger partial charge < -0.3 is 5.73 Å². The molecule has 0 saturated heterocycles. The molecule has 0 aliphatic rings. The van der Waals surface area contributed by atoms with Crippen LogP contribution in [0.2, 0.25) is 0 Å². The third kappa shape index (κ3) is 1.12. The molecule has 6 heteroatoms. The van der Waals surface area contributed by atoms with Gasteiger partial charge in [0, 0.05) is 6.07 Å². The number of rotatable bonds is 1. The van der Waals surface area contributed by atoms with Crippen LogP contribution in [0.4, 0.5) is 0 Å². The lowest BCUT2D eigenvalue weighted by atomic mass is 10.3. The van der Waals surface area contributed by atoms with Crippen LogP contribution in [0.5, 0.6) is 0 Å². The minimum atomic E-state index is -0.593. The van der Waals surface area contributed by atoms with E-state index >= 15 is 0 Å². The number of carbonyl (C=O) groups is 1. The number of aryl methyl sites for hydroxylation is 2. The van der Waals surface area contributed by atoms with Gasteiger partial charge in [-0.15, -0.1) is 10.2 Å². The maximum atomic E-state index is 11.0. The zero-order chi connectivity index (χ0) is 10.3. The molecular formula is C8H9N5O. The average molecular weight is 191 g/mol. The van der Waals surface area contributed by atoms with Crippen LogP contribution in [-0.4, -0.2) is 25.7 Å². The molecule has 0 radical (unpaired) electrons. The van der Waals surface area contributed by atoms with Crippen LogP contribution in [0, 0.1) is 13.8 Å². The number of primary amides is 1. The molecule has 0 unspecified atom stereocenters. The van der Waals surface area contributed by atoms with Crippen LogP contribution in [0.25, 0.3) is 5.65 Å². The monoisotopic (exact) mass is 191 g/mol. The minimum absolute atomic E-state index is 0.153. The second-order valence-electron chi connectivity index (χ2n) is 3.05. The highest BCUT2D eigenvalue weighted by Crippen LogP contribution is 2.07. The second kappa shape index (κ2) is 2.76. The van der Waals surface area contributed by atoms with E-state index in [0.29, 0.717) is 11.3 Å². The van der Waals surface area contributed by atoms with Crippen molar-refractivity contribution in [1.82, 2.24) is 19.8 Å². The lowest BCUT2D eigenvalue weighted by Crippen LogP contribution is -2.18. The fourth-order valence-corrected chi connectivity index (χ4v) is 1.31. The molecule has 0 spiro atoms. The molecular weight excluding hydrogens is 182 g/mol. The van der Waals surface area contributed by atoms with Crippen LogP contribution in [0.3, 0.4) is 0 Å². The molecule has 0 fully saturated rings. The lowest BCUT2D eigenvalue weighted by Gasteiger charge is -2.00. The number of amides is 1. The van der Waals surface area contributed by atoms with Gasteiger partial charge in [-0.05, 0) is 13.8 Å². The Kier molecular flexibility index (Phi) is 1.70. The number of hydrogen-bond donors (Lipinski definition) is 1. The Hall–Kier alpha value is -1.98. The number of nitrogens with two attached hydrogens (primary N) is 1. The molecule has 2 aromatic rings. The van der Waals surface area contributed by atoms with Crippen LogP contribution >= 0.6 is 0 Å². The molecule has 0 aromatic carbocycles. The van der Waals surface area contributed by atoms with Crippen LogP contribution < -0.4 is 5.73 Å². The summed E-state index contributed by atoms with van der Waals surface area (Å²) in [6.07, 6.45) is 0. The first kappa shape index (κ1) is 8.61. The van der Waals surface area contributed by atoms with Gasteiger partial charge in [0.1, 0.15) is 0 Å². The molecule has 0 bridgehead atoms. The van der Waals surface area contributed by atoms with Crippen molar-refractivity contribution in [2.24, 2.45) is 5.73 Å². The Morgan fingerprint density at radius 2 is 2.14 bits per heavy atom. The molecule has 2 rings (SSSR count). The van der Waals surface area contributed by atoms with E-state index in [1.807, 2.05) is 6.92 Å². The summed E-state index contributed by atoms with van der Waals surface area (Å²) in [6.45, 7) is 3.58. The van der Waals surface area contributed by atoms with Crippen LogP contribution in [0.1, 0.15) is 21.9 Å². The number of fused-ring (bicyclic) bond motifs is 1. The van der Waals surface area contributed by atoms with Crippen molar-refractivity contribution in [2.75, 3.05) is 0 Å². The molecule has 1 amide bonds. The topological polar surface area (TPSA) is 86.2 Å². The van der Waals surface area contributed by atoms with Crippen molar-refractivity contribution in [3.63, 3.8) is 0 Å². The van der Waals surface area contributed by atoms with Gasteiger partial charge in [-0.2, -0.15) is 5.10 Å². The molecule has 2 heterocycles. The van der Waals surface area contributed by atoms with Gasteiger partial charge in [0.05, 0.1) is 11.4 Å². The Morgan fingerprint density at radius 3 is 2.79 bits per heavy atom. The summed E-state index contributed by atoms with van der Waals surface area (Å²) in [5.41, 5.74) is 7.33. The number of carbonyl (C=O) groups excluding carboxylic acids is 1. The fraction of sp³-hybridized carbons (Fsp3) is 0.250. The summed E-state index contributed by atoms with van der Waals surface area (Å²) in [5.74, 6) is -0.593. The highest BCUT2D eigenvalue weighted by atomic mass is 16.1. The second-order valence-corrected chi connectivity index (χ2v) is 3.05. The van der Waals surface area contributed by atoms with Gasteiger partial charge in [-0.25, -0.2) is 4.52 Å². The molecule has 0 aliphatic heterocycles. The number of aromatic nitrogens is 4. The first-order valence-corrected chi connectivity index (χ1v) is 4.09. The van der Waals surface area contributed by atoms with Gasteiger partial charge in [0.2, 0.25) is 0 Å². The zero-order valence-corrected chi connectivity index (χ0v) is 7.85. The zero-order valence-electron chi connectivity index (χ0n) is 7.85. The molecule has 2 N–H and O–H groups in total. The number of hydrogen-bond acceptors (Lipinski definition) is 4. The molecule has 6 nitrogen and oxygen atoms in total. The van der Waals surface area contributed by atoms with Crippen molar-refractivity contribution in [2.45, 2.75) is 13.8 Å². The molecule has 2 aromatic heterocycles. The predicted molar refractivity (Wildman–Crippen MR) is 48.8 cm³/mol. The van der Waals surface area contributed by atoms with Crippen LogP contribution in [0.15, 0.2) is 6.07 Å². The summed E-state index contributed by atoms with van der Waals surface area (Å²) in [6, 6.07) is 1.78. The SMILES string of the molecule is Cc1cc2nnc(C(N)=O)c(C)n2n1. The lowest BCUT2D eigenvalue weighted by molar-refractivity contribution is 0.0993. The maximum absolute atomic E-state index is 11.0. The van der Waals surface area contributed by atoms with E-state index in [1.54, 1.807) is 17.5 Å². The van der Waals surface area contributed by atoms with Gasteiger partial charge in [-0.3, -0.25) is 4.79 Å². The summed E-state index contributed by atoms with van der Waals surface area (Å²) in [7, 11) is 0. The standard InChI is InChI=1S/C8H9N5O/c1-4-3-6-10-11-7(8(9)14)5(2)13(6)12-4/h3H,1-2H3,(H2,9,14). The molecule has 0 atom stereocenters. The average Bonchev–Trinajstić information content (AvgIpc) is 2.46. The Morgan fingerprint density at radius 1 is 1.43 bits per heavy atom. The quantitative estimate of drug-likeness (QED) is 0.678. The molecule has 14 heavy (non-hydrogen) atoms. The van der Waals surface area contributed by atoms with E-state index in [4.69, 9.17) is 5.73 Å². The highest BCUT2D eigenvalue weighted by Gasteiger charge is 2.12. The third-order valence-corrected chi connectivity index (χ3v) is 1.96. The maximum Gasteiger partial charge on any atom is 0.271 e. The van der Waals surface area contributed by atoms with E-state index in [9.17, 15) is 4.79 Å². The van der Waals surface area contributed by atoms with Crippen molar-refractivity contribution in [3.8, 4) is 0 Å². The van der Waals surface area contributed by atoms with Gasteiger partial charge in [-0.1, -0.05) is 0 Å². The van der Waals surface area contributed by atoms with E-state index in [1.165, 1.54) is 0 Å². The van der Waals surface area contributed by atoms with E-state index < -0.39 is 5.91 Å². The Labute approximate surface area is 79.7 Å². The van der Waals surface area contributed by atoms with Gasteiger partial charge in [0.25, 0.3) is 5.91 Å². The van der Waals surface area contributed by atoms with Crippen molar-refractivity contribution in [3.05, 3.63) is 23.1 Å². The minimum Gasteiger partial charge on any atom is -0.364 e. The van der Waals surface area contributed by atoms with E-state index in [0.717, 1.165) is 5.69 Å².